The standard InChI is InChI=1S/C29H36N6O3S.C7H8O/c1-3-14-30-25-12-10-23(11-13-25)24(21-39)17-32-18-26-34(20-27(32)36)28(37)19-33(15-4-2)35(26)29(38)31-16-22-8-6-5-7-9-22;1-6-2-4-7(8)5-3-6/h4-13,21,26,30,39H,2-3,14-20H2,1H3,(H,31,38);2-5,8H,1H3/b24-21-;. The van der Waals surface area contributed by atoms with Gasteiger partial charge in [-0.1, -0.05) is 73.2 Å². The van der Waals surface area contributed by atoms with E-state index in [9.17, 15) is 14.4 Å². The third-order valence-corrected chi connectivity index (χ3v) is 8.16. The van der Waals surface area contributed by atoms with Gasteiger partial charge in [0.2, 0.25) is 11.8 Å². The summed E-state index contributed by atoms with van der Waals surface area (Å²) < 4.78 is 0. The van der Waals surface area contributed by atoms with Gasteiger partial charge < -0.3 is 25.5 Å². The van der Waals surface area contributed by atoms with Crippen molar-refractivity contribution in [3.8, 4) is 5.75 Å². The fraction of sp³-hybridized carbons (Fsp3) is 0.306. The van der Waals surface area contributed by atoms with Crippen LogP contribution in [0.5, 0.6) is 5.75 Å². The summed E-state index contributed by atoms with van der Waals surface area (Å²) >= 11 is 4.43. The molecule has 5 rings (SSSR count). The minimum atomic E-state index is -0.638. The first-order chi connectivity index (χ1) is 22.7. The van der Waals surface area contributed by atoms with E-state index < -0.39 is 6.17 Å². The molecule has 2 saturated heterocycles. The van der Waals surface area contributed by atoms with Gasteiger partial charge >= 0.3 is 6.03 Å². The fourth-order valence-corrected chi connectivity index (χ4v) is 5.56. The first-order valence-electron chi connectivity index (χ1n) is 15.7. The van der Waals surface area contributed by atoms with E-state index >= 15 is 0 Å². The Labute approximate surface area is 282 Å². The molecule has 3 N–H and O–H groups in total. The van der Waals surface area contributed by atoms with Crippen LogP contribution in [0.3, 0.4) is 0 Å². The molecule has 0 spiro atoms. The molecule has 0 saturated carbocycles. The highest BCUT2D eigenvalue weighted by Crippen LogP contribution is 2.26. The number of rotatable bonds is 10. The molecule has 11 heteroatoms. The summed E-state index contributed by atoms with van der Waals surface area (Å²) in [6.45, 7) is 9.85. The van der Waals surface area contributed by atoms with Crippen LogP contribution in [-0.2, 0) is 16.1 Å². The molecular formula is C36H44N6O4S. The van der Waals surface area contributed by atoms with Crippen molar-refractivity contribution in [1.29, 1.82) is 0 Å². The summed E-state index contributed by atoms with van der Waals surface area (Å²) in [5.41, 5.74) is 4.98. The highest BCUT2D eigenvalue weighted by atomic mass is 32.1. The number of urea groups is 1. The summed E-state index contributed by atoms with van der Waals surface area (Å²) in [7, 11) is 0. The van der Waals surface area contributed by atoms with E-state index in [0.717, 1.165) is 35.4 Å². The lowest BCUT2D eigenvalue weighted by Gasteiger charge is -2.52. The quantitative estimate of drug-likeness (QED) is 0.179. The molecule has 4 amide bonds. The van der Waals surface area contributed by atoms with E-state index in [1.807, 2.05) is 73.7 Å². The van der Waals surface area contributed by atoms with E-state index in [1.165, 1.54) is 10.5 Å². The van der Waals surface area contributed by atoms with Crippen LogP contribution in [-0.4, -0.2) is 88.2 Å². The highest BCUT2D eigenvalue weighted by Gasteiger charge is 2.46. The van der Waals surface area contributed by atoms with Crippen molar-refractivity contribution in [2.75, 3.05) is 44.6 Å². The minimum absolute atomic E-state index is 0.00519. The number of carbonyl (C=O) groups excluding carboxylic acids is 3. The number of benzene rings is 3. The molecule has 1 unspecified atom stereocenters. The average molecular weight is 657 g/mol. The molecule has 0 radical (unpaired) electrons. The molecule has 3 aromatic carbocycles. The summed E-state index contributed by atoms with van der Waals surface area (Å²) in [6, 6.07) is 24.4. The Morgan fingerprint density at radius 3 is 2.32 bits per heavy atom. The zero-order chi connectivity index (χ0) is 33.8. The molecule has 0 aliphatic carbocycles. The number of phenolic OH excluding ortho intramolecular Hbond substituents is 1. The number of fused-ring (bicyclic) bond motifs is 1. The van der Waals surface area contributed by atoms with Gasteiger partial charge in [-0.05, 0) is 59.7 Å². The molecule has 1 atom stereocenters. The third kappa shape index (κ3) is 9.63. The third-order valence-electron chi connectivity index (χ3n) is 7.85. The Morgan fingerprint density at radius 1 is 1.00 bits per heavy atom. The molecule has 0 bridgehead atoms. The maximum Gasteiger partial charge on any atom is 0.334 e. The molecule has 248 valence electrons. The number of hydrogen-bond acceptors (Lipinski definition) is 7. The van der Waals surface area contributed by atoms with Gasteiger partial charge in [-0.2, -0.15) is 12.6 Å². The molecule has 10 nitrogen and oxygen atoms in total. The number of phenols is 1. The molecule has 3 aromatic rings. The molecule has 2 aliphatic rings. The van der Waals surface area contributed by atoms with Gasteiger partial charge in [-0.15, -0.1) is 6.58 Å². The normalized spacial score (nSPS) is 16.6. The summed E-state index contributed by atoms with van der Waals surface area (Å²) in [6.07, 6.45) is 2.06. The molecule has 2 heterocycles. The molecule has 2 fully saturated rings. The first-order valence-corrected chi connectivity index (χ1v) is 16.2. The van der Waals surface area contributed by atoms with Gasteiger partial charge in [-0.25, -0.2) is 14.8 Å². The molecule has 0 aromatic heterocycles. The van der Waals surface area contributed by atoms with Gasteiger partial charge in [-0.3, -0.25) is 9.59 Å². The van der Waals surface area contributed by atoms with Crippen molar-refractivity contribution < 1.29 is 19.5 Å². The lowest BCUT2D eigenvalue weighted by Crippen LogP contribution is -2.74. The number of aromatic hydroxyl groups is 1. The number of thiol groups is 1. The zero-order valence-corrected chi connectivity index (χ0v) is 27.9. The number of nitrogens with one attached hydrogen (secondary N) is 2. The number of piperazine rings is 1. The first kappa shape index (κ1) is 35.1. The van der Waals surface area contributed by atoms with E-state index in [0.29, 0.717) is 25.4 Å². The summed E-state index contributed by atoms with van der Waals surface area (Å²) in [5.74, 6) is -0.0342. The van der Waals surface area contributed by atoms with Crippen molar-refractivity contribution in [1.82, 2.24) is 25.1 Å². The second-order valence-electron chi connectivity index (χ2n) is 11.4. The van der Waals surface area contributed by atoms with Crippen LogP contribution in [0.4, 0.5) is 10.5 Å². The molecule has 47 heavy (non-hydrogen) atoms. The van der Waals surface area contributed by atoms with Crippen LogP contribution in [0.25, 0.3) is 5.57 Å². The SMILES string of the molecule is C=CCN1CC(=O)N2CC(=O)N(C/C(=C/S)c3ccc(NCCC)cc3)CC2N1C(=O)NCc1ccccc1.Cc1ccc(O)cc1. The molecule has 2 aliphatic heterocycles. The van der Waals surface area contributed by atoms with Gasteiger partial charge in [0.25, 0.3) is 0 Å². The number of carbonyl (C=O) groups is 3. The maximum atomic E-state index is 13.5. The van der Waals surface area contributed by atoms with Gasteiger partial charge in [0.1, 0.15) is 18.5 Å². The van der Waals surface area contributed by atoms with Crippen LogP contribution in [0, 0.1) is 6.92 Å². The predicted octanol–water partition coefficient (Wildman–Crippen LogP) is 5.11. The lowest BCUT2D eigenvalue weighted by atomic mass is 10.1. The number of anilines is 1. The monoisotopic (exact) mass is 656 g/mol. The van der Waals surface area contributed by atoms with Crippen molar-refractivity contribution in [2.24, 2.45) is 0 Å². The van der Waals surface area contributed by atoms with Crippen molar-refractivity contribution >= 4 is 41.7 Å². The van der Waals surface area contributed by atoms with Crippen molar-refractivity contribution in [3.63, 3.8) is 0 Å². The highest BCUT2D eigenvalue weighted by molar-refractivity contribution is 7.83. The zero-order valence-electron chi connectivity index (χ0n) is 27.0. The predicted molar refractivity (Wildman–Crippen MR) is 189 cm³/mol. The van der Waals surface area contributed by atoms with E-state index in [4.69, 9.17) is 5.11 Å². The van der Waals surface area contributed by atoms with E-state index in [-0.39, 0.29) is 37.5 Å². The Hall–Kier alpha value is -4.74. The Kier molecular flexibility index (Phi) is 12.9. The van der Waals surface area contributed by atoms with Gasteiger partial charge in [0, 0.05) is 31.9 Å². The fourth-order valence-electron chi connectivity index (χ4n) is 5.33. The maximum absolute atomic E-state index is 13.5. The van der Waals surface area contributed by atoms with Gasteiger partial charge in [0.15, 0.2) is 0 Å². The average Bonchev–Trinajstić information content (AvgIpc) is 3.08. The number of aryl methyl sites for hydroxylation is 1. The van der Waals surface area contributed by atoms with E-state index in [2.05, 4.69) is 36.8 Å². The van der Waals surface area contributed by atoms with Crippen LogP contribution < -0.4 is 10.6 Å². The number of hydrazine groups is 1. The van der Waals surface area contributed by atoms with E-state index in [1.54, 1.807) is 38.5 Å². The Balaban J connectivity index is 0.000000546. The largest absolute Gasteiger partial charge is 0.508 e. The van der Waals surface area contributed by atoms with Crippen molar-refractivity contribution in [3.05, 3.63) is 114 Å². The topological polar surface area (TPSA) is 108 Å². The number of amides is 4. The number of nitrogens with zero attached hydrogens (tertiary/aromatic N) is 4. The Morgan fingerprint density at radius 2 is 1.70 bits per heavy atom. The summed E-state index contributed by atoms with van der Waals surface area (Å²) in [4.78, 5) is 42.8. The van der Waals surface area contributed by atoms with Crippen molar-refractivity contribution in [2.45, 2.75) is 33.0 Å². The second-order valence-corrected chi connectivity index (χ2v) is 11.7. The summed E-state index contributed by atoms with van der Waals surface area (Å²) in [5, 5.41) is 20.0. The van der Waals surface area contributed by atoms with Crippen LogP contribution in [0.1, 0.15) is 30.0 Å². The van der Waals surface area contributed by atoms with Crippen LogP contribution >= 0.6 is 12.6 Å². The minimum Gasteiger partial charge on any atom is -0.508 e. The Bertz CT molecular complexity index is 1510. The second kappa shape index (κ2) is 17.3. The number of hydrogen-bond donors (Lipinski definition) is 4. The lowest BCUT2D eigenvalue weighted by molar-refractivity contribution is -0.179. The van der Waals surface area contributed by atoms with Crippen LogP contribution in [0.2, 0.25) is 0 Å². The molecular weight excluding hydrogens is 613 g/mol. The van der Waals surface area contributed by atoms with Crippen LogP contribution in [0.15, 0.2) is 96.9 Å². The van der Waals surface area contributed by atoms with Gasteiger partial charge in [0.05, 0.1) is 13.1 Å². The smallest absolute Gasteiger partial charge is 0.334 e.